The zero-order valence-corrected chi connectivity index (χ0v) is 11.8. The molecule has 0 aliphatic carbocycles. The Kier molecular flexibility index (Phi) is 5.12. The first kappa shape index (κ1) is 13.9. The molecule has 1 aromatic carbocycles. The Bertz CT molecular complexity index is 397. The lowest BCUT2D eigenvalue weighted by Gasteiger charge is -2.35. The highest BCUT2D eigenvalue weighted by Gasteiger charge is 2.24. The summed E-state index contributed by atoms with van der Waals surface area (Å²) in [5.41, 5.74) is 0.667. The molecule has 1 saturated heterocycles. The number of hydrogen-bond donors (Lipinski definition) is 2. The quantitative estimate of drug-likeness (QED) is 0.891. The predicted octanol–water partition coefficient (Wildman–Crippen LogP) is 1.92. The van der Waals surface area contributed by atoms with Crippen LogP contribution in [0, 0.1) is 5.82 Å². The number of aliphatic hydroxyl groups excluding tert-OH is 1. The number of nitrogens with one attached hydrogen (secondary N) is 1. The molecule has 5 heteroatoms. The summed E-state index contributed by atoms with van der Waals surface area (Å²) in [5, 5.41) is 12.5. The summed E-state index contributed by atoms with van der Waals surface area (Å²) in [6.07, 6.45) is 0.563. The molecular formula is C13H18BrFN2O. The molecule has 0 unspecified atom stereocenters. The van der Waals surface area contributed by atoms with Gasteiger partial charge in [-0.25, -0.2) is 4.39 Å². The fourth-order valence-corrected chi connectivity index (χ4v) is 2.81. The van der Waals surface area contributed by atoms with E-state index in [1.54, 1.807) is 6.07 Å². The van der Waals surface area contributed by atoms with Gasteiger partial charge in [0.05, 0.1) is 4.47 Å². The topological polar surface area (TPSA) is 35.5 Å². The van der Waals surface area contributed by atoms with E-state index in [4.69, 9.17) is 0 Å². The molecular weight excluding hydrogens is 299 g/mol. The molecule has 0 radical (unpaired) electrons. The van der Waals surface area contributed by atoms with E-state index >= 15 is 0 Å². The highest BCUT2D eigenvalue weighted by Crippen LogP contribution is 2.30. The van der Waals surface area contributed by atoms with Crippen LogP contribution in [0.1, 0.15) is 18.0 Å². The third kappa shape index (κ3) is 3.09. The number of nitrogens with zero attached hydrogens (tertiary/aromatic N) is 1. The smallest absolute Gasteiger partial charge is 0.142 e. The second-order valence-corrected chi connectivity index (χ2v) is 5.31. The summed E-state index contributed by atoms with van der Waals surface area (Å²) < 4.78 is 14.6. The zero-order chi connectivity index (χ0) is 13.0. The van der Waals surface area contributed by atoms with Gasteiger partial charge >= 0.3 is 0 Å². The Hall–Kier alpha value is -0.490. The molecule has 3 nitrogen and oxygen atoms in total. The Morgan fingerprint density at radius 2 is 2.11 bits per heavy atom. The van der Waals surface area contributed by atoms with E-state index < -0.39 is 0 Å². The van der Waals surface area contributed by atoms with E-state index in [2.05, 4.69) is 26.1 Å². The van der Waals surface area contributed by atoms with E-state index in [0.717, 1.165) is 26.2 Å². The van der Waals surface area contributed by atoms with Gasteiger partial charge in [0.2, 0.25) is 0 Å². The Balaban J connectivity index is 2.25. The normalized spacial score (nSPS) is 18.8. The first-order chi connectivity index (χ1) is 8.74. The van der Waals surface area contributed by atoms with Crippen LogP contribution in [-0.2, 0) is 0 Å². The summed E-state index contributed by atoms with van der Waals surface area (Å²) in [6, 6.07) is 5.30. The van der Waals surface area contributed by atoms with Crippen molar-refractivity contribution in [2.45, 2.75) is 12.5 Å². The number of aliphatic hydroxyl groups is 1. The van der Waals surface area contributed by atoms with Gasteiger partial charge < -0.3 is 10.4 Å². The molecule has 1 aliphatic heterocycles. The third-order valence-electron chi connectivity index (χ3n) is 3.34. The Morgan fingerprint density at radius 3 is 2.78 bits per heavy atom. The van der Waals surface area contributed by atoms with Crippen LogP contribution in [0.5, 0.6) is 0 Å². The van der Waals surface area contributed by atoms with Crippen molar-refractivity contribution >= 4 is 15.9 Å². The van der Waals surface area contributed by atoms with Crippen LogP contribution in [0.15, 0.2) is 22.7 Å². The van der Waals surface area contributed by atoms with Crippen molar-refractivity contribution in [2.75, 3.05) is 32.8 Å². The fraction of sp³-hybridized carbons (Fsp3) is 0.538. The van der Waals surface area contributed by atoms with Gasteiger partial charge in [-0.1, -0.05) is 12.1 Å². The van der Waals surface area contributed by atoms with Crippen LogP contribution in [-0.4, -0.2) is 42.8 Å². The minimum absolute atomic E-state index is 0.0467. The summed E-state index contributed by atoms with van der Waals surface area (Å²) in [6.45, 7) is 3.67. The zero-order valence-electron chi connectivity index (χ0n) is 10.2. The van der Waals surface area contributed by atoms with Crippen molar-refractivity contribution in [3.05, 3.63) is 34.1 Å². The van der Waals surface area contributed by atoms with Gasteiger partial charge in [0.1, 0.15) is 5.82 Å². The molecule has 2 N–H and O–H groups in total. The summed E-state index contributed by atoms with van der Waals surface area (Å²) >= 11 is 3.22. The molecule has 1 aliphatic rings. The number of rotatable bonds is 4. The van der Waals surface area contributed by atoms with Crippen molar-refractivity contribution in [2.24, 2.45) is 0 Å². The SMILES string of the molecule is OCC[C@H](c1cccc(Br)c1F)N1CCNCC1. The van der Waals surface area contributed by atoms with Gasteiger partial charge in [-0.3, -0.25) is 4.90 Å². The van der Waals surface area contributed by atoms with Gasteiger partial charge in [0.25, 0.3) is 0 Å². The van der Waals surface area contributed by atoms with Gasteiger partial charge in [0, 0.05) is 44.4 Å². The summed E-state index contributed by atoms with van der Waals surface area (Å²) in [5.74, 6) is -0.213. The molecule has 1 heterocycles. The molecule has 1 fully saturated rings. The van der Waals surface area contributed by atoms with E-state index in [-0.39, 0.29) is 18.5 Å². The second kappa shape index (κ2) is 6.61. The lowest BCUT2D eigenvalue weighted by atomic mass is 10.0. The van der Waals surface area contributed by atoms with Crippen molar-refractivity contribution < 1.29 is 9.50 Å². The average molecular weight is 317 g/mol. The third-order valence-corrected chi connectivity index (χ3v) is 3.95. The monoisotopic (exact) mass is 316 g/mol. The molecule has 100 valence electrons. The lowest BCUT2D eigenvalue weighted by molar-refractivity contribution is 0.138. The molecule has 1 aromatic rings. The van der Waals surface area contributed by atoms with E-state index in [9.17, 15) is 9.50 Å². The molecule has 0 spiro atoms. The predicted molar refractivity (Wildman–Crippen MR) is 73.0 cm³/mol. The molecule has 0 aromatic heterocycles. The van der Waals surface area contributed by atoms with Crippen molar-refractivity contribution in [1.82, 2.24) is 10.2 Å². The second-order valence-electron chi connectivity index (χ2n) is 4.46. The molecule has 1 atom stereocenters. The molecule has 18 heavy (non-hydrogen) atoms. The van der Waals surface area contributed by atoms with Gasteiger partial charge in [0.15, 0.2) is 0 Å². The highest BCUT2D eigenvalue weighted by atomic mass is 79.9. The number of hydrogen-bond acceptors (Lipinski definition) is 3. The molecule has 0 amide bonds. The first-order valence-corrected chi connectivity index (χ1v) is 7.03. The van der Waals surface area contributed by atoms with E-state index in [1.807, 2.05) is 12.1 Å². The minimum atomic E-state index is -0.213. The number of piperazine rings is 1. The van der Waals surface area contributed by atoms with Crippen LogP contribution < -0.4 is 5.32 Å². The number of benzene rings is 1. The van der Waals surface area contributed by atoms with Crippen LogP contribution in [0.2, 0.25) is 0 Å². The van der Waals surface area contributed by atoms with Gasteiger partial charge in [-0.05, 0) is 28.4 Å². The molecule has 0 bridgehead atoms. The minimum Gasteiger partial charge on any atom is -0.396 e. The van der Waals surface area contributed by atoms with Gasteiger partial charge in [-0.2, -0.15) is 0 Å². The van der Waals surface area contributed by atoms with E-state index in [1.165, 1.54) is 0 Å². The maximum Gasteiger partial charge on any atom is 0.142 e. The van der Waals surface area contributed by atoms with Crippen LogP contribution in [0.3, 0.4) is 0 Å². The largest absolute Gasteiger partial charge is 0.396 e. The van der Waals surface area contributed by atoms with Crippen LogP contribution >= 0.6 is 15.9 Å². The summed E-state index contributed by atoms with van der Waals surface area (Å²) in [7, 11) is 0. The fourth-order valence-electron chi connectivity index (χ4n) is 2.43. The van der Waals surface area contributed by atoms with Crippen molar-refractivity contribution in [1.29, 1.82) is 0 Å². The number of halogens is 2. The molecule has 2 rings (SSSR count). The molecule has 0 saturated carbocycles. The standard InChI is InChI=1S/C13H18BrFN2O/c14-11-3-1-2-10(13(11)15)12(4-9-18)17-7-5-16-6-8-17/h1-3,12,16,18H,4-9H2/t12-/m1/s1. The van der Waals surface area contributed by atoms with Crippen LogP contribution in [0.4, 0.5) is 4.39 Å². The maximum atomic E-state index is 14.2. The Labute approximate surface area is 115 Å². The highest BCUT2D eigenvalue weighted by molar-refractivity contribution is 9.10. The summed E-state index contributed by atoms with van der Waals surface area (Å²) in [4.78, 5) is 2.23. The van der Waals surface area contributed by atoms with Crippen LogP contribution in [0.25, 0.3) is 0 Å². The Morgan fingerprint density at radius 1 is 1.39 bits per heavy atom. The maximum absolute atomic E-state index is 14.2. The van der Waals surface area contributed by atoms with Gasteiger partial charge in [-0.15, -0.1) is 0 Å². The first-order valence-electron chi connectivity index (χ1n) is 6.23. The lowest BCUT2D eigenvalue weighted by Crippen LogP contribution is -2.45. The van der Waals surface area contributed by atoms with Crippen molar-refractivity contribution in [3.8, 4) is 0 Å². The van der Waals surface area contributed by atoms with Crippen molar-refractivity contribution in [3.63, 3.8) is 0 Å². The average Bonchev–Trinajstić information content (AvgIpc) is 2.41. The van der Waals surface area contributed by atoms with E-state index in [0.29, 0.717) is 16.5 Å².